The van der Waals surface area contributed by atoms with Gasteiger partial charge in [-0.2, -0.15) is 0 Å². The van der Waals surface area contributed by atoms with Crippen molar-refractivity contribution in [2.75, 3.05) is 17.2 Å². The molecule has 0 bridgehead atoms. The molecule has 0 radical (unpaired) electrons. The Hall–Kier alpha value is -3.62. The van der Waals surface area contributed by atoms with Gasteiger partial charge in [0.2, 0.25) is 11.8 Å². The van der Waals surface area contributed by atoms with Crippen molar-refractivity contribution >= 4 is 35.1 Å². The van der Waals surface area contributed by atoms with Crippen molar-refractivity contribution in [3.05, 3.63) is 47.3 Å². The molecule has 3 amide bonds. The van der Waals surface area contributed by atoms with Crippen molar-refractivity contribution in [1.29, 1.82) is 0 Å². The maximum atomic E-state index is 13.5. The molecule has 198 valence electrons. The summed E-state index contributed by atoms with van der Waals surface area (Å²) < 4.78 is 0. The highest BCUT2D eigenvalue weighted by molar-refractivity contribution is 6.42. The molecule has 2 aromatic rings. The molecular weight excluding hydrogens is 480 g/mol. The van der Waals surface area contributed by atoms with Crippen LogP contribution in [0, 0.1) is 5.41 Å². The molecule has 2 spiro atoms. The number of pyridine rings is 2. The third-order valence-corrected chi connectivity index (χ3v) is 8.51. The maximum Gasteiger partial charge on any atom is 0.270 e. The molecule has 9 heteroatoms. The zero-order valence-corrected chi connectivity index (χ0v) is 22.3. The van der Waals surface area contributed by atoms with Gasteiger partial charge >= 0.3 is 0 Å². The summed E-state index contributed by atoms with van der Waals surface area (Å²) in [6.07, 6.45) is 10.3. The lowest BCUT2D eigenvalue weighted by molar-refractivity contribution is -0.133. The van der Waals surface area contributed by atoms with Gasteiger partial charge in [0.1, 0.15) is 29.6 Å². The lowest BCUT2D eigenvalue weighted by Crippen LogP contribution is -2.50. The van der Waals surface area contributed by atoms with E-state index in [9.17, 15) is 14.4 Å². The fraction of sp³-hybridized carbons (Fsp3) is 0.517. The highest BCUT2D eigenvalue weighted by Gasteiger charge is 2.52. The van der Waals surface area contributed by atoms with E-state index in [1.807, 2.05) is 39.0 Å². The average Bonchev–Trinajstić information content (AvgIpc) is 3.38. The number of nitrogens with one attached hydrogen (secondary N) is 2. The van der Waals surface area contributed by atoms with Crippen molar-refractivity contribution in [1.82, 2.24) is 14.9 Å². The van der Waals surface area contributed by atoms with E-state index in [2.05, 4.69) is 20.6 Å². The molecule has 1 saturated carbocycles. The second-order valence-corrected chi connectivity index (χ2v) is 12.2. The third kappa shape index (κ3) is 3.90. The summed E-state index contributed by atoms with van der Waals surface area (Å²) in [5, 5.41) is 5.83. The topological polar surface area (TPSA) is 117 Å². The molecule has 2 aromatic heterocycles. The van der Waals surface area contributed by atoms with E-state index in [1.54, 1.807) is 17.3 Å². The first kappa shape index (κ1) is 24.7. The molecule has 1 atom stereocenters. The predicted molar refractivity (Wildman–Crippen MR) is 144 cm³/mol. The van der Waals surface area contributed by atoms with Gasteiger partial charge in [0.05, 0.1) is 5.41 Å². The van der Waals surface area contributed by atoms with Crippen LogP contribution in [0.25, 0.3) is 0 Å². The molecule has 0 unspecified atom stereocenters. The number of hydrogen-bond acceptors (Lipinski definition) is 6. The Labute approximate surface area is 222 Å². The Morgan fingerprint density at radius 1 is 1.08 bits per heavy atom. The number of aromatic nitrogens is 2. The van der Waals surface area contributed by atoms with E-state index in [0.717, 1.165) is 55.2 Å². The predicted octanol–water partition coefficient (Wildman–Crippen LogP) is 3.78. The zero-order valence-electron chi connectivity index (χ0n) is 22.3. The van der Waals surface area contributed by atoms with Gasteiger partial charge in [0, 0.05) is 23.4 Å². The average molecular weight is 515 g/mol. The molecule has 2 aliphatic heterocycles. The van der Waals surface area contributed by atoms with Gasteiger partial charge in [-0.3, -0.25) is 19.4 Å². The molecule has 38 heavy (non-hydrogen) atoms. The fourth-order valence-electron chi connectivity index (χ4n) is 6.56. The molecule has 4 aliphatic rings. The van der Waals surface area contributed by atoms with Gasteiger partial charge in [0.15, 0.2) is 0 Å². The fourth-order valence-corrected chi connectivity index (χ4v) is 6.56. The van der Waals surface area contributed by atoms with E-state index in [1.165, 1.54) is 0 Å². The van der Waals surface area contributed by atoms with E-state index >= 15 is 0 Å². The minimum Gasteiger partial charge on any atom is -0.310 e. The van der Waals surface area contributed by atoms with Crippen LogP contribution in [-0.2, 0) is 32.6 Å². The first-order valence-electron chi connectivity index (χ1n) is 13.6. The third-order valence-electron chi connectivity index (χ3n) is 8.51. The van der Waals surface area contributed by atoms with Gasteiger partial charge in [-0.1, -0.05) is 39.7 Å². The van der Waals surface area contributed by atoms with Crippen LogP contribution in [-0.4, -0.2) is 50.5 Å². The Balaban J connectivity index is 1.21. The Kier molecular flexibility index (Phi) is 5.66. The summed E-state index contributed by atoms with van der Waals surface area (Å²) in [5.74, 6) is 0.558. The first-order chi connectivity index (χ1) is 18.1. The maximum absolute atomic E-state index is 13.5. The van der Waals surface area contributed by atoms with Gasteiger partial charge < -0.3 is 15.5 Å². The summed E-state index contributed by atoms with van der Waals surface area (Å²) in [7, 11) is 0. The number of rotatable bonds is 3. The van der Waals surface area contributed by atoms with Crippen molar-refractivity contribution in [2.45, 2.75) is 83.2 Å². The van der Waals surface area contributed by atoms with E-state index < -0.39 is 11.1 Å². The minimum absolute atomic E-state index is 0.0520. The number of fused-ring (bicyclic) bond motifs is 3. The van der Waals surface area contributed by atoms with Crippen molar-refractivity contribution in [3.8, 4) is 0 Å². The smallest absolute Gasteiger partial charge is 0.270 e. The Morgan fingerprint density at radius 2 is 1.82 bits per heavy atom. The summed E-state index contributed by atoms with van der Waals surface area (Å²) in [6, 6.07) is 5.66. The van der Waals surface area contributed by atoms with Crippen LogP contribution in [0.1, 0.15) is 76.0 Å². The summed E-state index contributed by atoms with van der Waals surface area (Å²) in [4.78, 5) is 55.3. The Bertz CT molecular complexity index is 1370. The van der Waals surface area contributed by atoms with Crippen molar-refractivity contribution in [3.63, 3.8) is 0 Å². The Morgan fingerprint density at radius 3 is 2.55 bits per heavy atom. The number of hydrogen-bond donors (Lipinski definition) is 2. The van der Waals surface area contributed by atoms with Crippen LogP contribution in [0.15, 0.2) is 35.6 Å². The summed E-state index contributed by atoms with van der Waals surface area (Å²) in [5.41, 5.74) is 1.72. The molecule has 2 N–H and O–H groups in total. The van der Waals surface area contributed by atoms with Crippen LogP contribution >= 0.6 is 0 Å². The molecule has 2 aliphatic carbocycles. The van der Waals surface area contributed by atoms with Crippen molar-refractivity contribution < 1.29 is 14.4 Å². The SMILES string of the molecule is CC(C)(C)C1=NC2(CCCCCC2)N(CC(=O)Nc2cc3c(cn2)C[C@@]2(C3)C(=O)Nc3ncccc32)C1=O. The van der Waals surface area contributed by atoms with Gasteiger partial charge in [-0.25, -0.2) is 9.97 Å². The molecule has 6 rings (SSSR count). The standard InChI is InChI=1S/C29H34N6O3/c1-27(2,3)23-25(37)35(29(34-23)10-6-4-5-7-11-29)17-22(36)32-21-13-18-14-28(15-19(18)16-31-21)20-9-8-12-30-24(20)33-26(28)38/h8-9,12-13,16H,4-7,10-11,14-15,17H2,1-3H3,(H,30,33,38)(H,31,32,36)/t28-/m1/s1. The van der Waals surface area contributed by atoms with Gasteiger partial charge in [-0.05, 0) is 61.8 Å². The molecular formula is C29H34N6O3. The summed E-state index contributed by atoms with van der Waals surface area (Å²) >= 11 is 0. The lowest BCUT2D eigenvalue weighted by Gasteiger charge is -2.35. The number of anilines is 2. The molecule has 1 fully saturated rings. The van der Waals surface area contributed by atoms with Crippen LogP contribution in [0.4, 0.5) is 11.6 Å². The molecule has 0 saturated heterocycles. The van der Waals surface area contributed by atoms with E-state index in [0.29, 0.717) is 30.2 Å². The van der Waals surface area contributed by atoms with Crippen molar-refractivity contribution in [2.24, 2.45) is 10.4 Å². The second-order valence-electron chi connectivity index (χ2n) is 12.2. The number of nitrogens with zero attached hydrogens (tertiary/aromatic N) is 4. The first-order valence-corrected chi connectivity index (χ1v) is 13.6. The highest BCUT2D eigenvalue weighted by Crippen LogP contribution is 2.46. The molecule has 0 aromatic carbocycles. The largest absolute Gasteiger partial charge is 0.310 e. The van der Waals surface area contributed by atoms with Crippen LogP contribution < -0.4 is 10.6 Å². The highest BCUT2D eigenvalue weighted by atomic mass is 16.2. The number of amides is 3. The molecule has 4 heterocycles. The van der Waals surface area contributed by atoms with Crippen LogP contribution in [0.5, 0.6) is 0 Å². The van der Waals surface area contributed by atoms with E-state index in [4.69, 9.17) is 4.99 Å². The lowest BCUT2D eigenvalue weighted by atomic mass is 9.79. The zero-order chi connectivity index (χ0) is 26.7. The number of carbonyl (C=O) groups excluding carboxylic acids is 3. The quantitative estimate of drug-likeness (QED) is 0.647. The second kappa shape index (κ2) is 8.71. The van der Waals surface area contributed by atoms with E-state index in [-0.39, 0.29) is 29.7 Å². The monoisotopic (exact) mass is 514 g/mol. The number of carbonyl (C=O) groups is 3. The minimum atomic E-state index is -0.690. The number of aliphatic imine (C=N–C) groups is 1. The van der Waals surface area contributed by atoms with Crippen LogP contribution in [0.2, 0.25) is 0 Å². The van der Waals surface area contributed by atoms with Crippen LogP contribution in [0.3, 0.4) is 0 Å². The van der Waals surface area contributed by atoms with Gasteiger partial charge in [0.25, 0.3) is 5.91 Å². The molecule has 9 nitrogen and oxygen atoms in total. The van der Waals surface area contributed by atoms with Gasteiger partial charge in [-0.15, -0.1) is 0 Å². The summed E-state index contributed by atoms with van der Waals surface area (Å²) in [6.45, 7) is 5.93. The normalized spacial score (nSPS) is 23.8.